The summed E-state index contributed by atoms with van der Waals surface area (Å²) in [5.74, 6) is -0.538. The highest BCUT2D eigenvalue weighted by molar-refractivity contribution is 9.10. The molecule has 0 fully saturated rings. The minimum atomic E-state index is -0.821. The van der Waals surface area contributed by atoms with Crippen LogP contribution in [0, 0.1) is 0 Å². The van der Waals surface area contributed by atoms with Crippen LogP contribution in [0.2, 0.25) is 0 Å². The van der Waals surface area contributed by atoms with E-state index < -0.39 is 20.6 Å². The fourth-order valence-electron chi connectivity index (χ4n) is 1.06. The Morgan fingerprint density at radius 3 is 1.40 bits per heavy atom. The number of halogens is 2. The van der Waals surface area contributed by atoms with Crippen molar-refractivity contribution in [3.05, 3.63) is 24.3 Å². The van der Waals surface area contributed by atoms with Crippen LogP contribution in [-0.4, -0.2) is 20.6 Å². The van der Waals surface area contributed by atoms with Crippen LogP contribution in [0.25, 0.3) is 0 Å². The number of benzene rings is 1. The molecule has 20 heavy (non-hydrogen) atoms. The molecule has 0 aromatic heterocycles. The van der Waals surface area contributed by atoms with Gasteiger partial charge in [0.25, 0.3) is 0 Å². The van der Waals surface area contributed by atoms with E-state index in [9.17, 15) is 9.59 Å². The molecular weight excluding hydrogens is 392 g/mol. The van der Waals surface area contributed by atoms with Crippen molar-refractivity contribution in [3.8, 4) is 11.5 Å². The Labute approximate surface area is 135 Å². The zero-order valence-corrected chi connectivity index (χ0v) is 14.9. The first-order chi connectivity index (χ1) is 9.01. The molecule has 0 heterocycles. The average Bonchev–Trinajstić information content (AvgIpc) is 2.29. The first-order valence-corrected chi connectivity index (χ1v) is 7.52. The Hall–Kier alpha value is -0.880. The van der Waals surface area contributed by atoms with E-state index in [4.69, 9.17) is 9.47 Å². The lowest BCUT2D eigenvalue weighted by atomic mass is 10.2. The summed E-state index contributed by atoms with van der Waals surface area (Å²) in [7, 11) is 0. The van der Waals surface area contributed by atoms with E-state index >= 15 is 0 Å². The van der Waals surface area contributed by atoms with Crippen molar-refractivity contribution >= 4 is 43.8 Å². The number of hydrogen-bond acceptors (Lipinski definition) is 4. The number of carbonyl (C=O) groups excluding carboxylic acids is 2. The third kappa shape index (κ3) is 4.90. The van der Waals surface area contributed by atoms with Gasteiger partial charge >= 0.3 is 11.9 Å². The fourth-order valence-corrected chi connectivity index (χ4v) is 1.22. The van der Waals surface area contributed by atoms with Crippen molar-refractivity contribution < 1.29 is 19.1 Å². The maximum atomic E-state index is 11.9. The molecule has 6 heteroatoms. The van der Waals surface area contributed by atoms with Crippen LogP contribution in [0.15, 0.2) is 24.3 Å². The summed E-state index contributed by atoms with van der Waals surface area (Å²) in [5.41, 5.74) is 0. The predicted molar refractivity (Wildman–Crippen MR) is 83.7 cm³/mol. The number of esters is 2. The molecule has 0 aliphatic rings. The topological polar surface area (TPSA) is 52.6 Å². The molecule has 1 aromatic carbocycles. The number of para-hydroxylation sites is 2. The van der Waals surface area contributed by atoms with E-state index in [1.807, 2.05) is 0 Å². The van der Waals surface area contributed by atoms with Gasteiger partial charge in [0.15, 0.2) is 11.5 Å². The second-order valence-corrected chi connectivity index (χ2v) is 9.14. The largest absolute Gasteiger partial charge is 0.422 e. The lowest BCUT2D eigenvalue weighted by Crippen LogP contribution is -2.31. The van der Waals surface area contributed by atoms with Crippen molar-refractivity contribution in [2.75, 3.05) is 0 Å². The van der Waals surface area contributed by atoms with Gasteiger partial charge in [0.2, 0.25) is 0 Å². The summed E-state index contributed by atoms with van der Waals surface area (Å²) in [6.45, 7) is 6.69. The Morgan fingerprint density at radius 2 is 1.15 bits per heavy atom. The second-order valence-electron chi connectivity index (χ2n) is 5.17. The molecule has 1 rings (SSSR count). The molecule has 0 amide bonds. The number of ether oxygens (including phenoxy) is 2. The first kappa shape index (κ1) is 17.2. The molecular formula is C14H16Br2O4. The van der Waals surface area contributed by atoms with Gasteiger partial charge < -0.3 is 9.47 Å². The molecule has 0 aliphatic carbocycles. The molecule has 0 radical (unpaired) electrons. The van der Waals surface area contributed by atoms with Crippen molar-refractivity contribution in [3.63, 3.8) is 0 Å². The predicted octanol–water partition coefficient (Wildman–Crippen LogP) is 3.84. The summed E-state index contributed by atoms with van der Waals surface area (Å²) in [6.07, 6.45) is 0. The standard InChI is InChI=1S/C14H16Br2O4/c1-13(2,15)11(17)19-9-7-5-6-8-10(9)20-12(18)14(3,4)16/h5-8H,1-4H3. The molecule has 0 bridgehead atoms. The highest BCUT2D eigenvalue weighted by Crippen LogP contribution is 2.31. The van der Waals surface area contributed by atoms with Gasteiger partial charge in [-0.3, -0.25) is 9.59 Å². The van der Waals surface area contributed by atoms with Crippen molar-refractivity contribution in [1.82, 2.24) is 0 Å². The molecule has 0 saturated carbocycles. The van der Waals surface area contributed by atoms with Gasteiger partial charge in [-0.25, -0.2) is 0 Å². The highest BCUT2D eigenvalue weighted by atomic mass is 79.9. The summed E-state index contributed by atoms with van der Waals surface area (Å²) in [5, 5.41) is 0. The van der Waals surface area contributed by atoms with Gasteiger partial charge in [0.05, 0.1) is 0 Å². The zero-order chi connectivity index (χ0) is 15.6. The zero-order valence-electron chi connectivity index (χ0n) is 11.7. The lowest BCUT2D eigenvalue weighted by molar-refractivity contribution is -0.138. The van der Waals surface area contributed by atoms with E-state index in [0.717, 1.165) is 0 Å². The van der Waals surface area contributed by atoms with Crippen LogP contribution in [0.4, 0.5) is 0 Å². The van der Waals surface area contributed by atoms with Gasteiger partial charge in [-0.15, -0.1) is 0 Å². The smallest absolute Gasteiger partial charge is 0.327 e. The Bertz CT molecular complexity index is 466. The number of hydrogen-bond donors (Lipinski definition) is 0. The Balaban J connectivity index is 2.95. The van der Waals surface area contributed by atoms with E-state index in [0.29, 0.717) is 0 Å². The quantitative estimate of drug-likeness (QED) is 0.432. The molecule has 110 valence electrons. The molecule has 0 aliphatic heterocycles. The first-order valence-electron chi connectivity index (χ1n) is 5.93. The number of alkyl halides is 2. The van der Waals surface area contributed by atoms with Crippen LogP contribution >= 0.6 is 31.9 Å². The molecule has 4 nitrogen and oxygen atoms in total. The SMILES string of the molecule is CC(C)(Br)C(=O)Oc1ccccc1OC(=O)C(C)(C)Br. The Kier molecular flexibility index (Phi) is 5.38. The molecule has 0 saturated heterocycles. The van der Waals surface area contributed by atoms with E-state index in [1.54, 1.807) is 52.0 Å². The monoisotopic (exact) mass is 406 g/mol. The van der Waals surface area contributed by atoms with E-state index in [-0.39, 0.29) is 11.5 Å². The van der Waals surface area contributed by atoms with Gasteiger partial charge in [0, 0.05) is 0 Å². The van der Waals surface area contributed by atoms with Crippen molar-refractivity contribution in [2.24, 2.45) is 0 Å². The Morgan fingerprint density at radius 1 is 0.850 bits per heavy atom. The fraction of sp³-hybridized carbons (Fsp3) is 0.429. The molecule has 0 spiro atoms. The third-order valence-corrected chi connectivity index (χ3v) is 2.87. The van der Waals surface area contributed by atoms with Crippen LogP contribution < -0.4 is 9.47 Å². The number of carbonyl (C=O) groups is 2. The van der Waals surface area contributed by atoms with E-state index in [2.05, 4.69) is 31.9 Å². The van der Waals surface area contributed by atoms with Crippen molar-refractivity contribution in [2.45, 2.75) is 36.3 Å². The van der Waals surface area contributed by atoms with Crippen LogP contribution in [0.1, 0.15) is 27.7 Å². The molecule has 0 atom stereocenters. The lowest BCUT2D eigenvalue weighted by Gasteiger charge is -2.18. The van der Waals surface area contributed by atoms with Gasteiger partial charge in [-0.05, 0) is 39.8 Å². The maximum Gasteiger partial charge on any atom is 0.327 e. The average molecular weight is 408 g/mol. The molecule has 1 aromatic rings. The summed E-state index contributed by atoms with van der Waals surface area (Å²) >= 11 is 6.44. The minimum absolute atomic E-state index is 0.204. The summed E-state index contributed by atoms with van der Waals surface area (Å²) in [4.78, 5) is 23.7. The summed E-state index contributed by atoms with van der Waals surface area (Å²) < 4.78 is 8.85. The van der Waals surface area contributed by atoms with Crippen LogP contribution in [0.5, 0.6) is 11.5 Å². The van der Waals surface area contributed by atoms with E-state index in [1.165, 1.54) is 0 Å². The van der Waals surface area contributed by atoms with Gasteiger partial charge in [0.1, 0.15) is 8.65 Å². The highest BCUT2D eigenvalue weighted by Gasteiger charge is 2.29. The third-order valence-electron chi connectivity index (χ3n) is 2.23. The van der Waals surface area contributed by atoms with Gasteiger partial charge in [-0.1, -0.05) is 44.0 Å². The second kappa shape index (κ2) is 6.26. The van der Waals surface area contributed by atoms with Crippen LogP contribution in [-0.2, 0) is 9.59 Å². The summed E-state index contributed by atoms with van der Waals surface area (Å²) in [6, 6.07) is 6.53. The molecule has 0 unspecified atom stereocenters. The van der Waals surface area contributed by atoms with Crippen LogP contribution in [0.3, 0.4) is 0 Å². The van der Waals surface area contributed by atoms with Crippen molar-refractivity contribution in [1.29, 1.82) is 0 Å². The normalized spacial score (nSPS) is 11.9. The van der Waals surface area contributed by atoms with Gasteiger partial charge in [-0.2, -0.15) is 0 Å². The number of rotatable bonds is 4. The maximum absolute atomic E-state index is 11.9. The molecule has 0 N–H and O–H groups in total. The minimum Gasteiger partial charge on any atom is -0.422 e.